The first-order valence-electron chi connectivity index (χ1n) is 12.4. The van der Waals surface area contributed by atoms with Gasteiger partial charge in [-0.1, -0.05) is 48.5 Å². The van der Waals surface area contributed by atoms with Gasteiger partial charge >= 0.3 is 12.2 Å². The zero-order chi connectivity index (χ0) is 27.2. The van der Waals surface area contributed by atoms with Gasteiger partial charge in [-0.2, -0.15) is 10.5 Å². The fourth-order valence-electron chi connectivity index (χ4n) is 6.75. The molecule has 0 spiro atoms. The van der Waals surface area contributed by atoms with Crippen molar-refractivity contribution in [1.29, 1.82) is 10.5 Å². The third-order valence-electron chi connectivity index (χ3n) is 7.91. The Kier molecular flexibility index (Phi) is 6.26. The fourth-order valence-corrected chi connectivity index (χ4v) is 6.75. The fraction of sp³-hybridized carbons (Fsp3) is 0.429. The first kappa shape index (κ1) is 25.5. The van der Waals surface area contributed by atoms with Crippen LogP contribution < -0.4 is 0 Å². The zero-order valence-corrected chi connectivity index (χ0v) is 21.6. The van der Waals surface area contributed by atoms with Gasteiger partial charge in [0.25, 0.3) is 0 Å². The lowest BCUT2D eigenvalue weighted by atomic mass is 9.54. The van der Waals surface area contributed by atoms with Crippen LogP contribution in [-0.2, 0) is 30.0 Å². The average Bonchev–Trinajstić information content (AvgIpc) is 2.93. The number of rotatable bonds is 4. The summed E-state index contributed by atoms with van der Waals surface area (Å²) in [6, 6.07) is 19.0. The Balaban J connectivity index is 2.05. The van der Waals surface area contributed by atoms with E-state index in [4.69, 9.17) is 18.9 Å². The average molecular weight is 517 g/mol. The summed E-state index contributed by atoms with van der Waals surface area (Å²) < 4.78 is 22.9. The molecule has 2 amide bonds. The quantitative estimate of drug-likeness (QED) is 0.599. The predicted octanol–water partition coefficient (Wildman–Crippen LogP) is 3.89. The lowest BCUT2D eigenvalue weighted by molar-refractivity contribution is -0.197. The first-order valence-corrected chi connectivity index (χ1v) is 12.4. The molecule has 38 heavy (non-hydrogen) atoms. The molecule has 1 aliphatic carbocycles. The van der Waals surface area contributed by atoms with Gasteiger partial charge in [-0.25, -0.2) is 9.59 Å². The van der Waals surface area contributed by atoms with Crippen molar-refractivity contribution in [3.63, 3.8) is 0 Å². The second-order valence-corrected chi connectivity index (χ2v) is 9.26. The Morgan fingerprint density at radius 2 is 1.13 bits per heavy atom. The summed E-state index contributed by atoms with van der Waals surface area (Å²) in [6.45, 7) is 3.37. The third kappa shape index (κ3) is 2.87. The largest absolute Gasteiger partial charge is 0.450 e. The van der Waals surface area contributed by atoms with Gasteiger partial charge in [-0.05, 0) is 36.1 Å². The molecule has 10 heteroatoms. The van der Waals surface area contributed by atoms with E-state index in [-0.39, 0.29) is 13.2 Å². The summed E-state index contributed by atoms with van der Waals surface area (Å²) in [5, 5.41) is 22.5. The predicted molar refractivity (Wildman–Crippen MR) is 132 cm³/mol. The van der Waals surface area contributed by atoms with E-state index in [0.717, 1.165) is 11.1 Å². The molecule has 0 unspecified atom stereocenters. The molecule has 0 N–H and O–H groups in total. The molecular formula is C28H28N4O6. The number of nitriles is 2. The van der Waals surface area contributed by atoms with Crippen LogP contribution in [0, 0.1) is 22.7 Å². The van der Waals surface area contributed by atoms with E-state index in [9.17, 15) is 20.1 Å². The highest BCUT2D eigenvalue weighted by Crippen LogP contribution is 2.66. The number of carbonyl (C=O) groups is 2. The molecule has 196 valence electrons. The second-order valence-electron chi connectivity index (χ2n) is 9.26. The summed E-state index contributed by atoms with van der Waals surface area (Å²) in [7, 11) is 2.90. The molecule has 3 aliphatic rings. The minimum Gasteiger partial charge on any atom is -0.450 e. The van der Waals surface area contributed by atoms with Gasteiger partial charge in [-0.15, -0.1) is 0 Å². The van der Waals surface area contributed by atoms with E-state index in [1.165, 1.54) is 24.0 Å². The van der Waals surface area contributed by atoms with Crippen molar-refractivity contribution < 1.29 is 28.5 Å². The number of amides is 2. The van der Waals surface area contributed by atoms with Gasteiger partial charge in [0.15, 0.2) is 0 Å². The van der Waals surface area contributed by atoms with Crippen LogP contribution in [-0.4, -0.2) is 61.9 Å². The summed E-state index contributed by atoms with van der Waals surface area (Å²) in [6.07, 6.45) is -3.70. The second kappa shape index (κ2) is 9.32. The van der Waals surface area contributed by atoms with E-state index < -0.39 is 47.6 Å². The Hall–Kier alpha value is -4.12. The highest BCUT2D eigenvalue weighted by molar-refractivity contribution is 5.79. The molecule has 4 bridgehead atoms. The van der Waals surface area contributed by atoms with Crippen LogP contribution in [0.1, 0.15) is 47.9 Å². The lowest BCUT2D eigenvalue weighted by Gasteiger charge is -2.65. The van der Waals surface area contributed by atoms with Crippen molar-refractivity contribution in [3.05, 3.63) is 70.8 Å². The number of carbonyl (C=O) groups excluding carboxylic acids is 2. The number of ether oxygens (including phenoxy) is 4. The van der Waals surface area contributed by atoms with Crippen molar-refractivity contribution in [2.75, 3.05) is 27.4 Å². The van der Waals surface area contributed by atoms with Crippen molar-refractivity contribution in [2.24, 2.45) is 0 Å². The maximum atomic E-state index is 13.8. The topological polar surface area (TPSA) is 125 Å². The highest BCUT2D eigenvalue weighted by Gasteiger charge is 2.76. The number of hydrogen-bond acceptors (Lipinski definition) is 8. The smallest absolute Gasteiger partial charge is 0.413 e. The van der Waals surface area contributed by atoms with Crippen LogP contribution in [0.15, 0.2) is 48.5 Å². The van der Waals surface area contributed by atoms with Gasteiger partial charge in [0.05, 0.1) is 13.2 Å². The third-order valence-corrected chi connectivity index (χ3v) is 7.91. The van der Waals surface area contributed by atoms with E-state index in [1.807, 2.05) is 24.3 Å². The summed E-state index contributed by atoms with van der Waals surface area (Å²) in [5.41, 5.74) is -1.92. The monoisotopic (exact) mass is 516 g/mol. The van der Waals surface area contributed by atoms with E-state index in [2.05, 4.69) is 12.1 Å². The summed E-state index contributed by atoms with van der Waals surface area (Å²) >= 11 is 0. The van der Waals surface area contributed by atoms with E-state index in [1.54, 1.807) is 38.1 Å². The minimum atomic E-state index is -2.10. The lowest BCUT2D eigenvalue weighted by Crippen LogP contribution is -2.78. The molecule has 0 aromatic heterocycles. The Morgan fingerprint density at radius 3 is 1.45 bits per heavy atom. The standard InChI is InChI=1S/C28H28N4O6/c1-5-37-25(33)31-23(35-3)21-17-11-7-9-13-19(17)27(31,15-29)28(16-30)20-14-10-8-12-18(20)22(21)24(36-4)32(28)26(34)38-6-2/h7-14,21-24H,5-6H2,1-4H3/t21-,22-,23-,24+,27+,28+/m0/s1. The molecule has 0 saturated carbocycles. The molecule has 2 heterocycles. The van der Waals surface area contributed by atoms with Gasteiger partial charge in [0.2, 0.25) is 11.1 Å². The van der Waals surface area contributed by atoms with E-state index >= 15 is 0 Å². The number of methoxy groups -OCH3 is 2. The number of hydrogen-bond donors (Lipinski definition) is 0. The Morgan fingerprint density at radius 1 is 0.763 bits per heavy atom. The van der Waals surface area contributed by atoms with Crippen molar-refractivity contribution in [2.45, 2.75) is 49.2 Å². The van der Waals surface area contributed by atoms with Crippen molar-refractivity contribution in [3.8, 4) is 12.1 Å². The van der Waals surface area contributed by atoms with Gasteiger partial charge in [0, 0.05) is 26.1 Å². The molecule has 5 rings (SSSR count). The van der Waals surface area contributed by atoms with Crippen LogP contribution in [0.25, 0.3) is 0 Å². The van der Waals surface area contributed by atoms with Crippen LogP contribution >= 0.6 is 0 Å². The molecular weight excluding hydrogens is 488 g/mol. The molecule has 2 aliphatic heterocycles. The molecule has 6 atom stereocenters. The van der Waals surface area contributed by atoms with Gasteiger partial charge in [-0.3, -0.25) is 9.80 Å². The van der Waals surface area contributed by atoms with Crippen LogP contribution in [0.2, 0.25) is 0 Å². The number of fused-ring (bicyclic) bond motifs is 2. The summed E-state index contributed by atoms with van der Waals surface area (Å²) in [4.78, 5) is 30.0. The maximum absolute atomic E-state index is 13.8. The van der Waals surface area contributed by atoms with Crippen LogP contribution in [0.4, 0.5) is 9.59 Å². The van der Waals surface area contributed by atoms with Gasteiger partial charge in [0.1, 0.15) is 24.6 Å². The zero-order valence-electron chi connectivity index (χ0n) is 21.6. The number of benzene rings is 2. The minimum absolute atomic E-state index is 0.0292. The van der Waals surface area contributed by atoms with Gasteiger partial charge < -0.3 is 18.9 Å². The molecule has 2 aromatic rings. The summed E-state index contributed by atoms with van der Waals surface area (Å²) in [5.74, 6) is -1.19. The molecule has 0 radical (unpaired) electrons. The molecule has 2 aromatic carbocycles. The molecule has 0 saturated heterocycles. The maximum Gasteiger partial charge on any atom is 0.413 e. The Bertz CT molecular complexity index is 1260. The van der Waals surface area contributed by atoms with Crippen molar-refractivity contribution in [1.82, 2.24) is 9.80 Å². The van der Waals surface area contributed by atoms with E-state index in [0.29, 0.717) is 11.1 Å². The Labute approximate surface area is 220 Å². The normalized spacial score (nSPS) is 30.3. The first-order chi connectivity index (χ1) is 18.4. The molecule has 10 nitrogen and oxygen atoms in total. The van der Waals surface area contributed by atoms with Crippen molar-refractivity contribution >= 4 is 12.2 Å². The van der Waals surface area contributed by atoms with Crippen LogP contribution in [0.3, 0.4) is 0 Å². The highest BCUT2D eigenvalue weighted by atomic mass is 16.6. The number of nitrogens with zero attached hydrogens (tertiary/aromatic N) is 4. The molecule has 0 fully saturated rings. The van der Waals surface area contributed by atoms with Crippen LogP contribution in [0.5, 0.6) is 0 Å². The SMILES string of the molecule is CCOC(=O)N1[C@H](OC)[C@H]2c3ccccc3[C@]1(C#N)[C@@]1(C#N)c3ccccc3[C@@H]2[C@H](OC)N1C(=O)OCC.